The van der Waals surface area contributed by atoms with Gasteiger partial charge in [0.15, 0.2) is 5.76 Å². The molecule has 3 heterocycles. The minimum atomic E-state index is -0.625. The number of Topliss-reactive ketones (excluding diaryl/α,β-unsaturated/α-hetero) is 1. The summed E-state index contributed by atoms with van der Waals surface area (Å²) in [5, 5.41) is 12.6. The lowest BCUT2D eigenvalue weighted by atomic mass is 10.1. The van der Waals surface area contributed by atoms with Crippen LogP contribution in [0.3, 0.4) is 0 Å². The molecule has 2 aliphatic heterocycles. The number of ketones is 1. The zero-order valence-electron chi connectivity index (χ0n) is 13.2. The van der Waals surface area contributed by atoms with Crippen LogP contribution < -0.4 is 5.32 Å². The third-order valence-electron chi connectivity index (χ3n) is 4.38. The van der Waals surface area contributed by atoms with Crippen LogP contribution in [-0.2, 0) is 4.79 Å². The maximum Gasteiger partial charge on any atom is 0.243 e. The van der Waals surface area contributed by atoms with E-state index in [1.165, 1.54) is 11.8 Å². The number of fused-ring (bicyclic) bond motifs is 1. The van der Waals surface area contributed by atoms with E-state index in [4.69, 9.17) is 4.42 Å². The van der Waals surface area contributed by atoms with Crippen LogP contribution in [0.1, 0.15) is 10.6 Å². The SMILES string of the molecule is N#C[C@@H]1CSCN1C(=O)[C@H]1NCSC1C(=O)c1cc2ccccc2o1. The van der Waals surface area contributed by atoms with Gasteiger partial charge in [0, 0.05) is 17.0 Å². The maximum atomic E-state index is 12.9. The lowest BCUT2D eigenvalue weighted by Gasteiger charge is -2.24. The number of amides is 1. The van der Waals surface area contributed by atoms with Crippen molar-refractivity contribution in [3.05, 3.63) is 36.1 Å². The molecule has 4 rings (SSSR count). The van der Waals surface area contributed by atoms with Crippen LogP contribution in [0.5, 0.6) is 0 Å². The molecule has 0 aliphatic carbocycles. The van der Waals surface area contributed by atoms with Gasteiger partial charge >= 0.3 is 0 Å². The van der Waals surface area contributed by atoms with Crippen LogP contribution in [0.2, 0.25) is 0 Å². The van der Waals surface area contributed by atoms with Crippen molar-refractivity contribution in [1.29, 1.82) is 5.26 Å². The second kappa shape index (κ2) is 6.75. The highest BCUT2D eigenvalue weighted by molar-refractivity contribution is 8.01. The maximum absolute atomic E-state index is 12.9. The number of nitrogens with one attached hydrogen (secondary N) is 1. The van der Waals surface area contributed by atoms with Crippen LogP contribution in [0.4, 0.5) is 0 Å². The highest BCUT2D eigenvalue weighted by Gasteiger charge is 2.44. The Bertz CT molecular complexity index is 842. The number of hydrogen-bond donors (Lipinski definition) is 1. The normalized spacial score (nSPS) is 26.0. The van der Waals surface area contributed by atoms with Crippen molar-refractivity contribution in [3.63, 3.8) is 0 Å². The molecule has 1 amide bonds. The number of rotatable bonds is 3. The fourth-order valence-electron chi connectivity index (χ4n) is 3.06. The van der Waals surface area contributed by atoms with E-state index >= 15 is 0 Å². The molecule has 0 radical (unpaired) electrons. The molecule has 0 saturated carbocycles. The standard InChI is InChI=1S/C17H15N3O3S2/c18-6-11-7-24-9-20(11)17(22)14-16(25-8-19-14)15(21)13-5-10-3-1-2-4-12(10)23-13/h1-5,11,14,16,19H,7-9H2/t11-,14+,16?/m1/s1. The molecule has 2 fully saturated rings. The average molecular weight is 373 g/mol. The molecule has 6 nitrogen and oxygen atoms in total. The van der Waals surface area contributed by atoms with Gasteiger partial charge in [0.25, 0.3) is 0 Å². The summed E-state index contributed by atoms with van der Waals surface area (Å²) in [4.78, 5) is 27.3. The van der Waals surface area contributed by atoms with Crippen molar-refractivity contribution in [1.82, 2.24) is 10.2 Å². The second-order valence-electron chi connectivity index (χ2n) is 5.88. The summed E-state index contributed by atoms with van der Waals surface area (Å²) in [6.45, 7) is 0. The third kappa shape index (κ3) is 2.92. The van der Waals surface area contributed by atoms with E-state index < -0.39 is 17.3 Å². The summed E-state index contributed by atoms with van der Waals surface area (Å²) in [7, 11) is 0. The van der Waals surface area contributed by atoms with Gasteiger partial charge in [-0.15, -0.1) is 23.5 Å². The van der Waals surface area contributed by atoms with Crippen molar-refractivity contribution in [2.75, 3.05) is 17.5 Å². The van der Waals surface area contributed by atoms with Crippen LogP contribution >= 0.6 is 23.5 Å². The Labute approximate surface area is 152 Å². The molecular weight excluding hydrogens is 358 g/mol. The Hall–Kier alpha value is -1.95. The molecule has 128 valence electrons. The summed E-state index contributed by atoms with van der Waals surface area (Å²) in [6.07, 6.45) is 0. The Morgan fingerprint density at radius 2 is 2.20 bits per heavy atom. The Balaban J connectivity index is 1.57. The largest absolute Gasteiger partial charge is 0.453 e. The molecule has 25 heavy (non-hydrogen) atoms. The van der Waals surface area contributed by atoms with Crippen molar-refractivity contribution < 1.29 is 14.0 Å². The predicted molar refractivity (Wildman–Crippen MR) is 97.3 cm³/mol. The summed E-state index contributed by atoms with van der Waals surface area (Å²) in [6, 6.07) is 10.3. The molecule has 2 aromatic rings. The summed E-state index contributed by atoms with van der Waals surface area (Å²) in [5.41, 5.74) is 0.658. The molecule has 1 aromatic heterocycles. The first-order chi connectivity index (χ1) is 12.2. The van der Waals surface area contributed by atoms with E-state index in [1.807, 2.05) is 24.3 Å². The summed E-state index contributed by atoms with van der Waals surface area (Å²) < 4.78 is 5.67. The Kier molecular flexibility index (Phi) is 4.46. The van der Waals surface area contributed by atoms with Crippen molar-refractivity contribution in [2.24, 2.45) is 0 Å². The van der Waals surface area contributed by atoms with Gasteiger partial charge in [0.1, 0.15) is 17.7 Å². The lowest BCUT2D eigenvalue weighted by Crippen LogP contribution is -2.51. The highest BCUT2D eigenvalue weighted by Crippen LogP contribution is 2.30. The van der Waals surface area contributed by atoms with Gasteiger partial charge < -0.3 is 9.32 Å². The van der Waals surface area contributed by atoms with Crippen LogP contribution in [-0.4, -0.2) is 51.4 Å². The van der Waals surface area contributed by atoms with Gasteiger partial charge in [0.2, 0.25) is 11.7 Å². The lowest BCUT2D eigenvalue weighted by molar-refractivity contribution is -0.132. The van der Waals surface area contributed by atoms with Gasteiger partial charge in [-0.25, -0.2) is 0 Å². The first-order valence-corrected chi connectivity index (χ1v) is 10.0. The monoisotopic (exact) mass is 373 g/mol. The zero-order chi connectivity index (χ0) is 17.4. The Morgan fingerprint density at radius 3 is 3.00 bits per heavy atom. The number of carbonyl (C=O) groups excluding carboxylic acids is 2. The number of thioether (sulfide) groups is 2. The number of nitriles is 1. The van der Waals surface area contributed by atoms with E-state index in [0.29, 0.717) is 23.1 Å². The molecular formula is C17H15N3O3S2. The molecule has 2 aliphatic rings. The summed E-state index contributed by atoms with van der Waals surface area (Å²) in [5.74, 6) is 1.52. The molecule has 8 heteroatoms. The molecule has 0 spiro atoms. The number of para-hydroxylation sites is 1. The van der Waals surface area contributed by atoms with E-state index in [-0.39, 0.29) is 17.5 Å². The topological polar surface area (TPSA) is 86.3 Å². The number of carbonyl (C=O) groups is 2. The number of furan rings is 1. The molecule has 3 atom stereocenters. The Morgan fingerprint density at radius 1 is 1.36 bits per heavy atom. The van der Waals surface area contributed by atoms with Crippen LogP contribution in [0.15, 0.2) is 34.7 Å². The van der Waals surface area contributed by atoms with Gasteiger partial charge in [0.05, 0.1) is 17.2 Å². The summed E-state index contributed by atoms with van der Waals surface area (Å²) >= 11 is 2.96. The van der Waals surface area contributed by atoms with Gasteiger partial charge in [-0.2, -0.15) is 5.26 Å². The number of hydrogen-bond acceptors (Lipinski definition) is 7. The van der Waals surface area contributed by atoms with E-state index in [1.54, 1.807) is 22.7 Å². The smallest absolute Gasteiger partial charge is 0.243 e. The third-order valence-corrected chi connectivity index (χ3v) is 6.57. The van der Waals surface area contributed by atoms with Crippen molar-refractivity contribution in [2.45, 2.75) is 17.3 Å². The van der Waals surface area contributed by atoms with E-state index in [9.17, 15) is 14.9 Å². The van der Waals surface area contributed by atoms with Gasteiger partial charge in [-0.1, -0.05) is 18.2 Å². The van der Waals surface area contributed by atoms with Crippen molar-refractivity contribution in [3.8, 4) is 6.07 Å². The molecule has 1 N–H and O–H groups in total. The fraction of sp³-hybridized carbons (Fsp3) is 0.353. The molecule has 1 unspecified atom stereocenters. The average Bonchev–Trinajstić information content (AvgIpc) is 3.38. The highest BCUT2D eigenvalue weighted by atomic mass is 32.2. The van der Waals surface area contributed by atoms with Crippen LogP contribution in [0, 0.1) is 11.3 Å². The number of nitrogens with zero attached hydrogens (tertiary/aromatic N) is 2. The quantitative estimate of drug-likeness (QED) is 0.824. The molecule has 0 bridgehead atoms. The van der Waals surface area contributed by atoms with Crippen LogP contribution in [0.25, 0.3) is 11.0 Å². The van der Waals surface area contributed by atoms with Gasteiger partial charge in [-0.3, -0.25) is 14.9 Å². The minimum absolute atomic E-state index is 0.184. The van der Waals surface area contributed by atoms with Crippen molar-refractivity contribution >= 4 is 46.2 Å². The van der Waals surface area contributed by atoms with E-state index in [2.05, 4.69) is 11.4 Å². The fourth-order valence-corrected chi connectivity index (χ4v) is 5.28. The second-order valence-corrected chi connectivity index (χ2v) is 8.01. The van der Waals surface area contributed by atoms with E-state index in [0.717, 1.165) is 5.39 Å². The zero-order valence-corrected chi connectivity index (χ0v) is 14.8. The first kappa shape index (κ1) is 16.5. The molecule has 2 saturated heterocycles. The molecule has 1 aromatic carbocycles. The predicted octanol–water partition coefficient (Wildman–Crippen LogP) is 2.07. The van der Waals surface area contributed by atoms with Gasteiger partial charge in [-0.05, 0) is 12.1 Å². The number of benzene rings is 1. The first-order valence-electron chi connectivity index (χ1n) is 7.84. The minimum Gasteiger partial charge on any atom is -0.453 e.